The number of aliphatic imine (C=N–C) groups is 1. The van der Waals surface area contributed by atoms with Crippen molar-refractivity contribution in [2.75, 3.05) is 7.11 Å². The van der Waals surface area contributed by atoms with Gasteiger partial charge in [-0.15, -0.1) is 0 Å². The summed E-state index contributed by atoms with van der Waals surface area (Å²) >= 11 is 11.5. The first-order chi connectivity index (χ1) is 11.8. The van der Waals surface area contributed by atoms with Gasteiger partial charge in [0.15, 0.2) is 0 Å². The second-order valence-electron chi connectivity index (χ2n) is 4.73. The van der Waals surface area contributed by atoms with Crippen LogP contribution in [0.1, 0.15) is 5.56 Å². The number of benzene rings is 2. The Labute approximate surface area is 152 Å². The highest BCUT2D eigenvalue weighted by Gasteiger charge is 2.19. The Bertz CT molecular complexity index is 865. The van der Waals surface area contributed by atoms with E-state index in [1.165, 1.54) is 24.3 Å². The molecule has 2 aromatic rings. The van der Waals surface area contributed by atoms with Crippen LogP contribution in [0, 0.1) is 11.6 Å². The predicted octanol–water partition coefficient (Wildman–Crippen LogP) is 5.12. The van der Waals surface area contributed by atoms with E-state index in [9.17, 15) is 18.7 Å². The number of hydrogen-bond donors (Lipinski definition) is 1. The Morgan fingerprint density at radius 2 is 1.80 bits per heavy atom. The minimum absolute atomic E-state index is 0.0690. The van der Waals surface area contributed by atoms with Gasteiger partial charge in [-0.25, -0.2) is 13.6 Å². The Kier molecular flexibility index (Phi) is 6.12. The minimum Gasteiger partial charge on any atom is -0.506 e. The summed E-state index contributed by atoms with van der Waals surface area (Å²) in [7, 11) is 1.10. The van der Waals surface area contributed by atoms with E-state index < -0.39 is 23.4 Å². The van der Waals surface area contributed by atoms with E-state index in [2.05, 4.69) is 9.73 Å². The van der Waals surface area contributed by atoms with Crippen molar-refractivity contribution in [1.82, 2.24) is 0 Å². The molecule has 0 aromatic heterocycles. The van der Waals surface area contributed by atoms with E-state index in [0.717, 1.165) is 25.5 Å². The molecule has 0 aliphatic rings. The average Bonchev–Trinajstić information content (AvgIpc) is 2.59. The average molecular weight is 386 g/mol. The minimum atomic E-state index is -0.921. The fourth-order valence-electron chi connectivity index (χ4n) is 1.84. The molecule has 4 nitrogen and oxygen atoms in total. The molecule has 25 heavy (non-hydrogen) atoms. The van der Waals surface area contributed by atoms with E-state index in [0.29, 0.717) is 5.69 Å². The normalized spacial score (nSPS) is 12.2. The highest BCUT2D eigenvalue weighted by atomic mass is 35.5. The number of aliphatic hydroxyl groups excluding tert-OH is 1. The lowest BCUT2D eigenvalue weighted by Crippen LogP contribution is -2.09. The van der Waals surface area contributed by atoms with Gasteiger partial charge in [0.25, 0.3) is 0 Å². The smallest absolute Gasteiger partial charge is 0.343 e. The molecule has 8 heteroatoms. The molecule has 2 rings (SSSR count). The van der Waals surface area contributed by atoms with Crippen molar-refractivity contribution in [3.8, 4) is 0 Å². The Hall–Kier alpha value is -2.44. The summed E-state index contributed by atoms with van der Waals surface area (Å²) in [5.41, 5.74) is -0.200. The van der Waals surface area contributed by atoms with Crippen LogP contribution in [-0.4, -0.2) is 24.4 Å². The number of carbonyl (C=O) groups excluding carboxylic acids is 1. The third-order valence-electron chi connectivity index (χ3n) is 3.09. The number of ether oxygens (including phenoxy) is 1. The lowest BCUT2D eigenvalue weighted by Gasteiger charge is -2.08. The lowest BCUT2D eigenvalue weighted by atomic mass is 10.1. The maximum absolute atomic E-state index is 13.6. The van der Waals surface area contributed by atoms with Gasteiger partial charge in [-0.05, 0) is 36.4 Å². The van der Waals surface area contributed by atoms with Crippen molar-refractivity contribution in [3.63, 3.8) is 0 Å². The van der Waals surface area contributed by atoms with E-state index in [1.54, 1.807) is 0 Å². The van der Waals surface area contributed by atoms with Gasteiger partial charge < -0.3 is 9.84 Å². The Balaban J connectivity index is 2.52. The molecule has 0 fully saturated rings. The number of rotatable bonds is 4. The summed E-state index contributed by atoms with van der Waals surface area (Å²) in [5.74, 6) is -2.84. The fraction of sp³-hybridized carbons (Fsp3) is 0.0588. The summed E-state index contributed by atoms with van der Waals surface area (Å²) in [5, 5.41) is 10.0. The molecule has 0 saturated heterocycles. The first-order valence-corrected chi connectivity index (χ1v) is 7.55. The van der Waals surface area contributed by atoms with Gasteiger partial charge in [0.1, 0.15) is 23.0 Å². The van der Waals surface area contributed by atoms with E-state index in [1.807, 2.05) is 0 Å². The summed E-state index contributed by atoms with van der Waals surface area (Å²) in [6.07, 6.45) is 1.01. The second-order valence-corrected chi connectivity index (χ2v) is 5.55. The number of aliphatic hydroxyl groups is 1. The predicted molar refractivity (Wildman–Crippen MR) is 92.5 cm³/mol. The number of esters is 1. The van der Waals surface area contributed by atoms with Gasteiger partial charge in [-0.1, -0.05) is 23.2 Å². The van der Waals surface area contributed by atoms with Crippen LogP contribution in [0.3, 0.4) is 0 Å². The summed E-state index contributed by atoms with van der Waals surface area (Å²) in [6, 6.07) is 7.07. The van der Waals surface area contributed by atoms with Crippen LogP contribution in [0.15, 0.2) is 47.0 Å². The zero-order valence-electron chi connectivity index (χ0n) is 12.8. The van der Waals surface area contributed by atoms with Crippen LogP contribution in [-0.2, 0) is 9.53 Å². The first kappa shape index (κ1) is 18.9. The summed E-state index contributed by atoms with van der Waals surface area (Å²) < 4.78 is 31.1. The molecule has 0 aliphatic heterocycles. The molecule has 0 saturated carbocycles. The van der Waals surface area contributed by atoms with E-state index in [-0.39, 0.29) is 21.2 Å². The van der Waals surface area contributed by atoms with E-state index in [4.69, 9.17) is 23.2 Å². The van der Waals surface area contributed by atoms with Crippen LogP contribution in [0.4, 0.5) is 14.5 Å². The van der Waals surface area contributed by atoms with Gasteiger partial charge in [0, 0.05) is 11.8 Å². The van der Waals surface area contributed by atoms with E-state index >= 15 is 0 Å². The number of methoxy groups -OCH3 is 1. The summed E-state index contributed by atoms with van der Waals surface area (Å²) in [6.45, 7) is 0. The maximum Gasteiger partial charge on any atom is 0.343 e. The standard InChI is InChI=1S/C17H11Cl2F2NO3/c1-25-17(24)12(8-22-10-4-2-9(20)3-5-10)16(23)11-6-15(21)14(19)7-13(11)18/h2-8,23H,1H3/b16-12+,22-8?. The van der Waals surface area contributed by atoms with Gasteiger partial charge in [0.05, 0.1) is 22.8 Å². The highest BCUT2D eigenvalue weighted by Crippen LogP contribution is 2.30. The lowest BCUT2D eigenvalue weighted by molar-refractivity contribution is -0.135. The van der Waals surface area contributed by atoms with Crippen molar-refractivity contribution in [1.29, 1.82) is 0 Å². The van der Waals surface area contributed by atoms with Crippen molar-refractivity contribution < 1.29 is 23.4 Å². The van der Waals surface area contributed by atoms with Crippen molar-refractivity contribution >= 4 is 46.8 Å². The van der Waals surface area contributed by atoms with Crippen LogP contribution >= 0.6 is 23.2 Å². The SMILES string of the molecule is COC(=O)/C(C=Nc1ccc(F)cc1)=C(/O)c1cc(F)c(Cl)cc1Cl. The van der Waals surface area contributed by atoms with Crippen LogP contribution in [0.5, 0.6) is 0 Å². The van der Waals surface area contributed by atoms with Crippen molar-refractivity contribution in [3.05, 3.63) is 69.2 Å². The highest BCUT2D eigenvalue weighted by molar-refractivity contribution is 6.36. The second kappa shape index (κ2) is 8.09. The third kappa shape index (κ3) is 4.55. The molecular weight excluding hydrogens is 375 g/mol. The number of nitrogens with zero attached hydrogens (tertiary/aromatic N) is 1. The molecule has 0 aliphatic carbocycles. The third-order valence-corrected chi connectivity index (χ3v) is 3.70. The molecule has 130 valence electrons. The maximum atomic E-state index is 13.6. The topological polar surface area (TPSA) is 58.9 Å². The summed E-state index contributed by atoms with van der Waals surface area (Å²) in [4.78, 5) is 15.9. The number of hydrogen-bond acceptors (Lipinski definition) is 4. The molecule has 0 spiro atoms. The molecule has 0 heterocycles. The molecule has 1 N–H and O–H groups in total. The number of carbonyl (C=O) groups is 1. The largest absolute Gasteiger partial charge is 0.506 e. The van der Waals surface area contributed by atoms with Crippen LogP contribution < -0.4 is 0 Å². The zero-order valence-corrected chi connectivity index (χ0v) is 14.3. The Morgan fingerprint density at radius 3 is 2.40 bits per heavy atom. The molecule has 0 bridgehead atoms. The van der Waals surface area contributed by atoms with Gasteiger partial charge in [0.2, 0.25) is 0 Å². The van der Waals surface area contributed by atoms with Crippen LogP contribution in [0.25, 0.3) is 5.76 Å². The monoisotopic (exact) mass is 385 g/mol. The van der Waals surface area contributed by atoms with Crippen molar-refractivity contribution in [2.24, 2.45) is 4.99 Å². The Morgan fingerprint density at radius 1 is 1.16 bits per heavy atom. The molecule has 0 atom stereocenters. The quantitative estimate of drug-likeness (QED) is 0.261. The fourth-order valence-corrected chi connectivity index (χ4v) is 2.31. The number of halogens is 4. The van der Waals surface area contributed by atoms with Gasteiger partial charge in [-0.2, -0.15) is 0 Å². The van der Waals surface area contributed by atoms with Crippen LogP contribution in [0.2, 0.25) is 10.0 Å². The van der Waals surface area contributed by atoms with Gasteiger partial charge in [-0.3, -0.25) is 4.99 Å². The molecule has 0 radical (unpaired) electrons. The molecular formula is C17H11Cl2F2NO3. The van der Waals surface area contributed by atoms with Crippen molar-refractivity contribution in [2.45, 2.75) is 0 Å². The first-order valence-electron chi connectivity index (χ1n) is 6.79. The molecule has 2 aromatic carbocycles. The molecule has 0 amide bonds. The molecule has 0 unspecified atom stereocenters. The van der Waals surface area contributed by atoms with Gasteiger partial charge >= 0.3 is 5.97 Å². The zero-order chi connectivity index (χ0) is 18.6.